The minimum Gasteiger partial charge on any atom is -0.497 e. The molecule has 0 saturated carbocycles. The molecule has 5 heteroatoms. The second-order valence-corrected chi connectivity index (χ2v) is 6.60. The van der Waals surface area contributed by atoms with Crippen molar-refractivity contribution in [3.05, 3.63) is 60.2 Å². The van der Waals surface area contributed by atoms with Crippen molar-refractivity contribution in [3.8, 4) is 17.0 Å². The van der Waals surface area contributed by atoms with Gasteiger partial charge >= 0.3 is 0 Å². The Morgan fingerprint density at radius 1 is 1.19 bits per heavy atom. The van der Waals surface area contributed by atoms with Crippen molar-refractivity contribution < 1.29 is 9.53 Å². The van der Waals surface area contributed by atoms with Crippen molar-refractivity contribution in [1.82, 2.24) is 9.88 Å². The fraction of sp³-hybridized carbons (Fsp3) is 0.238. The predicted molar refractivity (Wildman–Crippen MR) is 102 cm³/mol. The molecule has 1 aliphatic rings. The fourth-order valence-electron chi connectivity index (χ4n) is 3.41. The first-order valence-corrected chi connectivity index (χ1v) is 8.75. The molecule has 4 rings (SSSR count). The van der Waals surface area contributed by atoms with Gasteiger partial charge in [-0.2, -0.15) is 0 Å². The van der Waals surface area contributed by atoms with Crippen molar-refractivity contribution in [2.75, 3.05) is 20.2 Å². The number of hydrogen-bond donors (Lipinski definition) is 1. The van der Waals surface area contributed by atoms with Crippen LogP contribution in [-0.2, 0) is 0 Å². The van der Waals surface area contributed by atoms with Crippen LogP contribution in [0.2, 0.25) is 0 Å². The van der Waals surface area contributed by atoms with Crippen molar-refractivity contribution in [2.45, 2.75) is 12.5 Å². The van der Waals surface area contributed by atoms with Gasteiger partial charge in [0.1, 0.15) is 5.75 Å². The standard InChI is InChI=1S/C21H21N3O2/c1-26-16-7-8-19-17(11-16)18(21(25)24-10-9-15(22)13-24)12-20(23-19)14-5-3-2-4-6-14/h2-8,11-12,15H,9-10,13,22H2,1H3. The lowest BCUT2D eigenvalue weighted by Crippen LogP contribution is -2.32. The number of rotatable bonds is 3. The van der Waals surface area contributed by atoms with Gasteiger partial charge in [-0.1, -0.05) is 30.3 Å². The molecule has 2 heterocycles. The second kappa shape index (κ2) is 6.77. The summed E-state index contributed by atoms with van der Waals surface area (Å²) in [5, 5.41) is 0.800. The average Bonchev–Trinajstić information content (AvgIpc) is 3.13. The normalized spacial score (nSPS) is 16.8. The van der Waals surface area contributed by atoms with Gasteiger partial charge in [-0.3, -0.25) is 4.79 Å². The zero-order chi connectivity index (χ0) is 18.1. The minimum atomic E-state index is -0.00390. The van der Waals surface area contributed by atoms with Gasteiger partial charge in [0.15, 0.2) is 0 Å². The van der Waals surface area contributed by atoms with Crippen LogP contribution in [0.25, 0.3) is 22.2 Å². The van der Waals surface area contributed by atoms with Gasteiger partial charge in [0.25, 0.3) is 5.91 Å². The SMILES string of the molecule is COc1ccc2nc(-c3ccccc3)cc(C(=O)N3CCC(N)C3)c2c1. The largest absolute Gasteiger partial charge is 0.497 e. The van der Waals surface area contributed by atoms with E-state index in [9.17, 15) is 4.79 Å². The molecule has 5 nitrogen and oxygen atoms in total. The number of methoxy groups -OCH3 is 1. The van der Waals surface area contributed by atoms with Crippen LogP contribution in [0.1, 0.15) is 16.8 Å². The summed E-state index contributed by atoms with van der Waals surface area (Å²) in [5.41, 5.74) is 9.18. The third kappa shape index (κ3) is 3.02. The maximum atomic E-state index is 13.2. The highest BCUT2D eigenvalue weighted by molar-refractivity contribution is 6.07. The summed E-state index contributed by atoms with van der Waals surface area (Å²) < 4.78 is 5.34. The summed E-state index contributed by atoms with van der Waals surface area (Å²) in [5.74, 6) is 0.703. The van der Waals surface area contributed by atoms with E-state index < -0.39 is 0 Å². The summed E-state index contributed by atoms with van der Waals surface area (Å²) in [6.45, 7) is 1.28. The van der Waals surface area contributed by atoms with E-state index in [0.717, 1.165) is 28.6 Å². The van der Waals surface area contributed by atoms with Gasteiger partial charge in [0.05, 0.1) is 23.9 Å². The predicted octanol–water partition coefficient (Wildman–Crippen LogP) is 3.08. The summed E-state index contributed by atoms with van der Waals surface area (Å²) in [6, 6.07) is 17.5. The lowest BCUT2D eigenvalue weighted by Gasteiger charge is -2.18. The number of carbonyl (C=O) groups excluding carboxylic acids is 1. The molecule has 1 aliphatic heterocycles. The molecule has 0 bridgehead atoms. The van der Waals surface area contributed by atoms with Crippen LogP contribution in [0.5, 0.6) is 5.75 Å². The van der Waals surface area contributed by atoms with E-state index in [1.165, 1.54) is 0 Å². The molecule has 0 spiro atoms. The summed E-state index contributed by atoms with van der Waals surface area (Å²) in [7, 11) is 1.62. The van der Waals surface area contributed by atoms with E-state index in [1.807, 2.05) is 59.5 Å². The summed E-state index contributed by atoms with van der Waals surface area (Å²) >= 11 is 0. The second-order valence-electron chi connectivity index (χ2n) is 6.60. The van der Waals surface area contributed by atoms with E-state index >= 15 is 0 Å². The first-order valence-electron chi connectivity index (χ1n) is 8.75. The molecule has 1 amide bonds. The number of benzene rings is 2. The molecule has 0 aliphatic carbocycles. The zero-order valence-corrected chi connectivity index (χ0v) is 14.7. The third-order valence-corrected chi connectivity index (χ3v) is 4.83. The van der Waals surface area contributed by atoms with Crippen LogP contribution in [0.15, 0.2) is 54.6 Å². The molecular formula is C21H21N3O2. The maximum Gasteiger partial charge on any atom is 0.254 e. The highest BCUT2D eigenvalue weighted by Gasteiger charge is 2.26. The van der Waals surface area contributed by atoms with E-state index in [2.05, 4.69) is 0 Å². The van der Waals surface area contributed by atoms with Crippen LogP contribution in [-0.4, -0.2) is 42.0 Å². The van der Waals surface area contributed by atoms with Gasteiger partial charge in [0.2, 0.25) is 0 Å². The number of ether oxygens (including phenoxy) is 1. The van der Waals surface area contributed by atoms with Crippen molar-refractivity contribution in [3.63, 3.8) is 0 Å². The Morgan fingerprint density at radius 3 is 2.69 bits per heavy atom. The molecule has 2 N–H and O–H groups in total. The van der Waals surface area contributed by atoms with Crippen LogP contribution < -0.4 is 10.5 Å². The smallest absolute Gasteiger partial charge is 0.254 e. The van der Waals surface area contributed by atoms with Crippen LogP contribution in [0, 0.1) is 0 Å². The molecule has 3 aromatic rings. The Kier molecular flexibility index (Phi) is 4.31. The van der Waals surface area contributed by atoms with Crippen molar-refractivity contribution >= 4 is 16.8 Å². The number of hydrogen-bond acceptors (Lipinski definition) is 4. The third-order valence-electron chi connectivity index (χ3n) is 4.83. The highest BCUT2D eigenvalue weighted by atomic mass is 16.5. The number of nitrogens with two attached hydrogens (primary N) is 1. The molecule has 26 heavy (non-hydrogen) atoms. The number of aromatic nitrogens is 1. The lowest BCUT2D eigenvalue weighted by atomic mass is 10.0. The van der Waals surface area contributed by atoms with Crippen molar-refractivity contribution in [2.24, 2.45) is 5.73 Å². The Labute approximate surface area is 152 Å². The van der Waals surface area contributed by atoms with Crippen molar-refractivity contribution in [1.29, 1.82) is 0 Å². The number of nitrogens with zero attached hydrogens (tertiary/aromatic N) is 2. The molecule has 1 unspecified atom stereocenters. The average molecular weight is 347 g/mol. The van der Waals surface area contributed by atoms with Gasteiger partial charge in [0, 0.05) is 30.1 Å². The molecule has 1 fully saturated rings. The monoisotopic (exact) mass is 347 g/mol. The van der Waals surface area contributed by atoms with Gasteiger partial charge in [-0.25, -0.2) is 4.98 Å². The quantitative estimate of drug-likeness (QED) is 0.790. The number of likely N-dealkylation sites (tertiary alicyclic amines) is 1. The number of fused-ring (bicyclic) bond motifs is 1. The van der Waals surface area contributed by atoms with Gasteiger partial charge in [-0.05, 0) is 30.7 Å². The first kappa shape index (κ1) is 16.5. The Morgan fingerprint density at radius 2 is 2.00 bits per heavy atom. The Bertz CT molecular complexity index is 956. The van der Waals surface area contributed by atoms with E-state index in [-0.39, 0.29) is 11.9 Å². The topological polar surface area (TPSA) is 68.5 Å². The molecule has 1 aromatic heterocycles. The molecule has 132 valence electrons. The molecule has 0 radical (unpaired) electrons. The van der Waals surface area contributed by atoms with E-state index in [1.54, 1.807) is 7.11 Å². The molecule has 1 saturated heterocycles. The van der Waals surface area contributed by atoms with Gasteiger partial charge < -0.3 is 15.4 Å². The van der Waals surface area contributed by atoms with E-state index in [0.29, 0.717) is 24.4 Å². The molecule has 2 aromatic carbocycles. The van der Waals surface area contributed by atoms with Crippen LogP contribution >= 0.6 is 0 Å². The summed E-state index contributed by atoms with van der Waals surface area (Å²) in [6.07, 6.45) is 0.837. The van der Waals surface area contributed by atoms with Gasteiger partial charge in [-0.15, -0.1) is 0 Å². The maximum absolute atomic E-state index is 13.2. The lowest BCUT2D eigenvalue weighted by molar-refractivity contribution is 0.0793. The Balaban J connectivity index is 1.88. The summed E-state index contributed by atoms with van der Waals surface area (Å²) in [4.78, 5) is 19.8. The van der Waals surface area contributed by atoms with Crippen LogP contribution in [0.3, 0.4) is 0 Å². The minimum absolute atomic E-state index is 0.00390. The fourth-order valence-corrected chi connectivity index (χ4v) is 3.41. The first-order chi connectivity index (χ1) is 12.7. The number of carbonyl (C=O) groups is 1. The molecule has 1 atom stereocenters. The van der Waals surface area contributed by atoms with E-state index in [4.69, 9.17) is 15.5 Å². The zero-order valence-electron chi connectivity index (χ0n) is 14.7. The number of amides is 1. The van der Waals surface area contributed by atoms with Crippen LogP contribution in [0.4, 0.5) is 0 Å². The Hall–Kier alpha value is -2.92. The molecular weight excluding hydrogens is 326 g/mol. The highest BCUT2D eigenvalue weighted by Crippen LogP contribution is 2.29. The number of pyridine rings is 1.